The van der Waals surface area contributed by atoms with Gasteiger partial charge < -0.3 is 9.42 Å². The van der Waals surface area contributed by atoms with Crippen molar-refractivity contribution in [3.8, 4) is 0 Å². The van der Waals surface area contributed by atoms with E-state index in [0.717, 1.165) is 55.7 Å². The van der Waals surface area contributed by atoms with E-state index in [0.29, 0.717) is 5.69 Å². The molecule has 0 spiro atoms. The van der Waals surface area contributed by atoms with Crippen LogP contribution in [0.4, 0.5) is 0 Å². The highest BCUT2D eigenvalue weighted by Gasteiger charge is 2.35. The van der Waals surface area contributed by atoms with E-state index < -0.39 is 10.0 Å². The monoisotopic (exact) mass is 411 g/mol. The van der Waals surface area contributed by atoms with Crippen LogP contribution in [0.2, 0.25) is 0 Å². The molecule has 1 aromatic heterocycles. The normalized spacial score (nSPS) is 19.9. The van der Waals surface area contributed by atoms with Gasteiger partial charge in [0.1, 0.15) is 10.6 Å². The molecule has 8 heteroatoms. The minimum Gasteiger partial charge on any atom is -0.360 e. The first-order valence-electron chi connectivity index (χ1n) is 10.5. The number of amides is 1. The Bertz CT molecular complexity index is 740. The third-order valence-electron chi connectivity index (χ3n) is 6.22. The van der Waals surface area contributed by atoms with Gasteiger partial charge in [-0.1, -0.05) is 43.7 Å². The average Bonchev–Trinajstić information content (AvgIpc) is 3.02. The molecule has 1 amide bonds. The Morgan fingerprint density at radius 3 is 1.93 bits per heavy atom. The highest BCUT2D eigenvalue weighted by Crippen LogP contribution is 2.31. The SMILES string of the molecule is Cc1noc(C)c1S(=O)(=O)N(C)CC(=O)N(C1CCCCC1)C1CCCCC1. The van der Waals surface area contributed by atoms with Gasteiger partial charge in [0.2, 0.25) is 15.9 Å². The van der Waals surface area contributed by atoms with E-state index in [2.05, 4.69) is 10.1 Å². The van der Waals surface area contributed by atoms with E-state index in [1.165, 1.54) is 19.9 Å². The summed E-state index contributed by atoms with van der Waals surface area (Å²) in [6.07, 6.45) is 11.2. The minimum absolute atomic E-state index is 0.0726. The molecule has 2 aliphatic carbocycles. The standard InChI is InChI=1S/C20H33N3O4S/c1-15-20(16(2)27-21-15)28(25,26)22(3)14-19(24)23(17-10-6-4-7-11-17)18-12-8-5-9-13-18/h17-18H,4-14H2,1-3H3. The van der Waals surface area contributed by atoms with Crippen LogP contribution in [0.25, 0.3) is 0 Å². The smallest absolute Gasteiger partial charge is 0.248 e. The molecule has 0 N–H and O–H groups in total. The maximum Gasteiger partial charge on any atom is 0.248 e. The molecule has 0 saturated heterocycles. The zero-order chi connectivity index (χ0) is 20.3. The molecule has 0 bridgehead atoms. The number of nitrogens with zero attached hydrogens (tertiary/aromatic N) is 3. The number of sulfonamides is 1. The Balaban J connectivity index is 1.78. The van der Waals surface area contributed by atoms with Crippen molar-refractivity contribution in [2.75, 3.05) is 13.6 Å². The van der Waals surface area contributed by atoms with E-state index in [-0.39, 0.29) is 35.2 Å². The maximum atomic E-state index is 13.3. The van der Waals surface area contributed by atoms with E-state index in [4.69, 9.17) is 4.52 Å². The summed E-state index contributed by atoms with van der Waals surface area (Å²) in [7, 11) is -2.35. The largest absolute Gasteiger partial charge is 0.360 e. The third-order valence-corrected chi connectivity index (χ3v) is 8.27. The van der Waals surface area contributed by atoms with Gasteiger partial charge in [0.25, 0.3) is 0 Å². The summed E-state index contributed by atoms with van der Waals surface area (Å²) in [5.41, 5.74) is 0.327. The molecule has 2 fully saturated rings. The number of hydrogen-bond acceptors (Lipinski definition) is 5. The number of carbonyl (C=O) groups is 1. The molecule has 28 heavy (non-hydrogen) atoms. The molecule has 0 atom stereocenters. The van der Waals surface area contributed by atoms with Crippen LogP contribution in [0.5, 0.6) is 0 Å². The second-order valence-electron chi connectivity index (χ2n) is 8.30. The Morgan fingerprint density at radius 2 is 1.50 bits per heavy atom. The van der Waals surface area contributed by atoms with E-state index in [1.807, 2.05) is 0 Å². The number of carbonyl (C=O) groups excluding carboxylic acids is 1. The van der Waals surface area contributed by atoms with Gasteiger partial charge in [0.15, 0.2) is 5.76 Å². The van der Waals surface area contributed by atoms with E-state index in [1.54, 1.807) is 13.8 Å². The number of aryl methyl sites for hydroxylation is 2. The fourth-order valence-corrected chi connectivity index (χ4v) is 6.18. The zero-order valence-corrected chi connectivity index (χ0v) is 18.1. The van der Waals surface area contributed by atoms with Gasteiger partial charge in [0.05, 0.1) is 6.54 Å². The van der Waals surface area contributed by atoms with Gasteiger partial charge in [-0.3, -0.25) is 4.79 Å². The Hall–Kier alpha value is -1.41. The summed E-state index contributed by atoms with van der Waals surface area (Å²) in [6.45, 7) is 3.05. The van der Waals surface area contributed by atoms with E-state index >= 15 is 0 Å². The molecule has 0 radical (unpaired) electrons. The molecule has 1 heterocycles. The first kappa shape index (κ1) is 21.3. The number of hydrogen-bond donors (Lipinski definition) is 0. The Morgan fingerprint density at radius 1 is 1.00 bits per heavy atom. The molecular weight excluding hydrogens is 378 g/mol. The lowest BCUT2D eigenvalue weighted by Gasteiger charge is -2.42. The molecule has 158 valence electrons. The second-order valence-corrected chi connectivity index (χ2v) is 10.3. The molecule has 0 aromatic carbocycles. The summed E-state index contributed by atoms with van der Waals surface area (Å²) in [6, 6.07) is 0.499. The van der Waals surface area contributed by atoms with Gasteiger partial charge in [-0.15, -0.1) is 0 Å². The fourth-order valence-electron chi connectivity index (χ4n) is 4.78. The van der Waals surface area contributed by atoms with Crippen molar-refractivity contribution in [3.05, 3.63) is 11.5 Å². The van der Waals surface area contributed by atoms with Crippen LogP contribution in [-0.2, 0) is 14.8 Å². The van der Waals surface area contributed by atoms with Crippen molar-refractivity contribution in [2.45, 2.75) is 95.0 Å². The predicted molar refractivity (Wildman–Crippen MR) is 106 cm³/mol. The third kappa shape index (κ3) is 4.43. The number of aromatic nitrogens is 1. The quantitative estimate of drug-likeness (QED) is 0.716. The molecular formula is C20H33N3O4S. The van der Waals surface area contributed by atoms with Gasteiger partial charge in [0, 0.05) is 19.1 Å². The lowest BCUT2D eigenvalue weighted by molar-refractivity contribution is -0.138. The van der Waals surface area contributed by atoms with Gasteiger partial charge >= 0.3 is 0 Å². The highest BCUT2D eigenvalue weighted by molar-refractivity contribution is 7.89. The molecule has 7 nitrogen and oxygen atoms in total. The Kier molecular flexibility index (Phi) is 6.81. The van der Waals surface area contributed by atoms with Crippen LogP contribution in [-0.4, -0.2) is 54.4 Å². The average molecular weight is 412 g/mol. The van der Waals surface area contributed by atoms with Crippen LogP contribution < -0.4 is 0 Å². The van der Waals surface area contributed by atoms with Crippen LogP contribution in [0, 0.1) is 13.8 Å². The molecule has 0 aliphatic heterocycles. The molecule has 0 unspecified atom stereocenters. The lowest BCUT2D eigenvalue weighted by atomic mass is 9.88. The molecule has 2 saturated carbocycles. The maximum absolute atomic E-state index is 13.3. The lowest BCUT2D eigenvalue weighted by Crippen LogP contribution is -2.52. The van der Waals surface area contributed by atoms with E-state index in [9.17, 15) is 13.2 Å². The topological polar surface area (TPSA) is 83.7 Å². The highest BCUT2D eigenvalue weighted by atomic mass is 32.2. The van der Waals surface area contributed by atoms with Gasteiger partial charge in [-0.25, -0.2) is 8.42 Å². The van der Waals surface area contributed by atoms with Gasteiger partial charge in [-0.2, -0.15) is 4.31 Å². The van der Waals surface area contributed by atoms with Gasteiger partial charge in [-0.05, 0) is 39.5 Å². The van der Waals surface area contributed by atoms with Crippen molar-refractivity contribution in [3.63, 3.8) is 0 Å². The summed E-state index contributed by atoms with van der Waals surface area (Å²) in [5, 5.41) is 3.75. The zero-order valence-electron chi connectivity index (χ0n) is 17.3. The molecule has 1 aromatic rings. The second kappa shape index (κ2) is 8.95. The summed E-state index contributed by atoms with van der Waals surface area (Å²) < 4.78 is 32.2. The van der Waals surface area contributed by atoms with Crippen molar-refractivity contribution < 1.29 is 17.7 Å². The van der Waals surface area contributed by atoms with Crippen molar-refractivity contribution in [2.24, 2.45) is 0 Å². The number of rotatable bonds is 6. The van der Waals surface area contributed by atoms with Crippen LogP contribution in [0.1, 0.15) is 75.7 Å². The molecule has 2 aliphatic rings. The fraction of sp³-hybridized carbons (Fsp3) is 0.800. The van der Waals surface area contributed by atoms with Crippen LogP contribution in [0.3, 0.4) is 0 Å². The summed E-state index contributed by atoms with van der Waals surface area (Å²) in [4.78, 5) is 15.4. The van der Waals surface area contributed by atoms with Crippen molar-refractivity contribution in [1.29, 1.82) is 0 Å². The number of likely N-dealkylation sites (N-methyl/N-ethyl adjacent to an activating group) is 1. The van der Waals surface area contributed by atoms with Crippen molar-refractivity contribution in [1.82, 2.24) is 14.4 Å². The summed E-state index contributed by atoms with van der Waals surface area (Å²) in [5.74, 6) is 0.185. The predicted octanol–water partition coefficient (Wildman–Crippen LogP) is 3.41. The van der Waals surface area contributed by atoms with Crippen molar-refractivity contribution >= 4 is 15.9 Å². The summed E-state index contributed by atoms with van der Waals surface area (Å²) >= 11 is 0. The molecule has 3 rings (SSSR count). The van der Waals surface area contributed by atoms with Crippen LogP contribution >= 0.6 is 0 Å². The minimum atomic E-state index is -3.82. The van der Waals surface area contributed by atoms with Crippen LogP contribution in [0.15, 0.2) is 9.42 Å². The first-order valence-corrected chi connectivity index (χ1v) is 12.0. The Labute approximate surface area is 168 Å². The first-order chi connectivity index (χ1) is 13.3.